The molecule has 0 bridgehead atoms. The van der Waals surface area contributed by atoms with Gasteiger partial charge in [0.1, 0.15) is 11.5 Å². The predicted octanol–water partition coefficient (Wildman–Crippen LogP) is 3.81. The summed E-state index contributed by atoms with van der Waals surface area (Å²) >= 11 is 4.47. The van der Waals surface area contributed by atoms with Crippen molar-refractivity contribution >= 4 is 18.7 Å². The SMILES string of the molecule is Oc1ccc(-c2cnc(S)n2-c2cccc3c2C=CC3)c(O)c1. The summed E-state index contributed by atoms with van der Waals surface area (Å²) < 4.78 is 1.91. The number of allylic oxidation sites excluding steroid dienone is 1. The highest BCUT2D eigenvalue weighted by Crippen LogP contribution is 2.36. The Balaban J connectivity index is 1.97. The zero-order valence-electron chi connectivity index (χ0n) is 12.1. The third-order valence-corrected chi connectivity index (χ3v) is 4.35. The standard InChI is InChI=1S/C18H14N2O2S/c21-12-7-8-14(17(22)9-12)16-10-19-18(23)20(16)15-6-2-4-11-3-1-5-13(11)15/h1-2,4-10,21-22H,3H2,(H,19,23). The molecule has 3 aromatic rings. The maximum Gasteiger partial charge on any atom is 0.169 e. The van der Waals surface area contributed by atoms with Gasteiger partial charge in [0.05, 0.1) is 17.6 Å². The van der Waals surface area contributed by atoms with Crippen LogP contribution >= 0.6 is 12.6 Å². The Hall–Kier alpha value is -2.66. The van der Waals surface area contributed by atoms with Crippen LogP contribution in [0, 0.1) is 0 Å². The number of nitrogens with zero attached hydrogens (tertiary/aromatic N) is 2. The molecule has 1 aliphatic carbocycles. The van der Waals surface area contributed by atoms with Crippen LogP contribution in [0.25, 0.3) is 23.0 Å². The number of phenols is 2. The lowest BCUT2D eigenvalue weighted by Gasteiger charge is -2.14. The second-order valence-corrected chi connectivity index (χ2v) is 5.84. The van der Waals surface area contributed by atoms with E-state index in [-0.39, 0.29) is 11.5 Å². The highest BCUT2D eigenvalue weighted by Gasteiger charge is 2.18. The van der Waals surface area contributed by atoms with Crippen molar-refractivity contribution in [2.45, 2.75) is 11.6 Å². The highest BCUT2D eigenvalue weighted by molar-refractivity contribution is 7.80. The van der Waals surface area contributed by atoms with Gasteiger partial charge in [-0.05, 0) is 30.2 Å². The van der Waals surface area contributed by atoms with E-state index in [1.165, 1.54) is 11.6 Å². The predicted molar refractivity (Wildman–Crippen MR) is 92.3 cm³/mol. The van der Waals surface area contributed by atoms with Gasteiger partial charge < -0.3 is 10.2 Å². The van der Waals surface area contributed by atoms with E-state index in [1.54, 1.807) is 18.3 Å². The molecule has 114 valence electrons. The average molecular weight is 322 g/mol. The quantitative estimate of drug-likeness (QED) is 0.629. The Morgan fingerprint density at radius 1 is 1.13 bits per heavy atom. The fourth-order valence-electron chi connectivity index (χ4n) is 2.97. The van der Waals surface area contributed by atoms with Crippen LogP contribution in [0.1, 0.15) is 11.1 Å². The van der Waals surface area contributed by atoms with E-state index in [4.69, 9.17) is 0 Å². The molecule has 0 amide bonds. The molecule has 0 saturated heterocycles. The van der Waals surface area contributed by atoms with Crippen molar-refractivity contribution in [2.24, 2.45) is 0 Å². The van der Waals surface area contributed by atoms with Crippen molar-refractivity contribution < 1.29 is 10.2 Å². The minimum Gasteiger partial charge on any atom is -0.508 e. The molecule has 1 heterocycles. The van der Waals surface area contributed by atoms with Gasteiger partial charge in [-0.15, -0.1) is 12.6 Å². The molecule has 0 unspecified atom stereocenters. The molecule has 0 atom stereocenters. The van der Waals surface area contributed by atoms with Crippen molar-refractivity contribution in [3.8, 4) is 28.4 Å². The summed E-state index contributed by atoms with van der Waals surface area (Å²) in [5.41, 5.74) is 4.68. The Morgan fingerprint density at radius 2 is 2.00 bits per heavy atom. The summed E-state index contributed by atoms with van der Waals surface area (Å²) in [5.74, 6) is 0.0227. The number of imidazole rings is 1. The zero-order valence-corrected chi connectivity index (χ0v) is 13.0. The number of rotatable bonds is 2. The maximum atomic E-state index is 10.2. The number of hydrogen-bond acceptors (Lipinski definition) is 4. The molecule has 0 radical (unpaired) electrons. The fourth-order valence-corrected chi connectivity index (χ4v) is 3.25. The molecular formula is C18H14N2O2S. The van der Waals surface area contributed by atoms with Crippen LogP contribution in [0.2, 0.25) is 0 Å². The number of phenolic OH excluding ortho intramolecular Hbond substituents is 2. The molecule has 2 aromatic carbocycles. The number of aromatic nitrogens is 2. The molecule has 4 nitrogen and oxygen atoms in total. The monoisotopic (exact) mass is 322 g/mol. The fraction of sp³-hybridized carbons (Fsp3) is 0.0556. The van der Waals surface area contributed by atoms with E-state index in [0.29, 0.717) is 10.7 Å². The first-order chi connectivity index (χ1) is 11.1. The van der Waals surface area contributed by atoms with Gasteiger partial charge in [0.15, 0.2) is 5.16 Å². The van der Waals surface area contributed by atoms with Crippen molar-refractivity contribution in [1.82, 2.24) is 9.55 Å². The molecule has 1 aromatic heterocycles. The molecular weight excluding hydrogens is 308 g/mol. The van der Waals surface area contributed by atoms with Crippen LogP contribution in [0.3, 0.4) is 0 Å². The Kier molecular flexibility index (Phi) is 3.16. The summed E-state index contributed by atoms with van der Waals surface area (Å²) in [7, 11) is 0. The molecule has 0 fully saturated rings. The summed E-state index contributed by atoms with van der Waals surface area (Å²) in [6.45, 7) is 0. The minimum absolute atomic E-state index is 0.00241. The van der Waals surface area contributed by atoms with Gasteiger partial charge in [-0.1, -0.05) is 24.3 Å². The van der Waals surface area contributed by atoms with E-state index in [0.717, 1.165) is 23.4 Å². The summed E-state index contributed by atoms with van der Waals surface area (Å²) in [4.78, 5) is 4.29. The lowest BCUT2D eigenvalue weighted by molar-refractivity contribution is 0.451. The molecule has 0 saturated carbocycles. The smallest absolute Gasteiger partial charge is 0.169 e. The maximum absolute atomic E-state index is 10.2. The molecule has 0 spiro atoms. The van der Waals surface area contributed by atoms with Gasteiger partial charge in [0, 0.05) is 17.2 Å². The van der Waals surface area contributed by atoms with Crippen LogP contribution in [0.4, 0.5) is 0 Å². The van der Waals surface area contributed by atoms with Crippen molar-refractivity contribution in [3.63, 3.8) is 0 Å². The first-order valence-electron chi connectivity index (χ1n) is 7.23. The van der Waals surface area contributed by atoms with Crippen LogP contribution < -0.4 is 0 Å². The van der Waals surface area contributed by atoms with E-state index in [2.05, 4.69) is 35.8 Å². The van der Waals surface area contributed by atoms with Crippen molar-refractivity contribution in [3.05, 3.63) is 59.8 Å². The third-order valence-electron chi connectivity index (χ3n) is 4.04. The first-order valence-corrected chi connectivity index (χ1v) is 7.68. The Morgan fingerprint density at radius 3 is 2.83 bits per heavy atom. The van der Waals surface area contributed by atoms with Crippen LogP contribution in [-0.2, 0) is 6.42 Å². The van der Waals surface area contributed by atoms with Gasteiger partial charge in [0.25, 0.3) is 0 Å². The largest absolute Gasteiger partial charge is 0.508 e. The molecule has 5 heteroatoms. The zero-order chi connectivity index (χ0) is 16.0. The average Bonchev–Trinajstić information content (AvgIpc) is 3.14. The van der Waals surface area contributed by atoms with E-state index in [9.17, 15) is 10.2 Å². The summed E-state index contributed by atoms with van der Waals surface area (Å²) in [6, 6.07) is 10.7. The van der Waals surface area contributed by atoms with Crippen LogP contribution in [0.15, 0.2) is 53.8 Å². The van der Waals surface area contributed by atoms with E-state index in [1.807, 2.05) is 16.7 Å². The second-order valence-electron chi connectivity index (χ2n) is 5.44. The third kappa shape index (κ3) is 2.21. The van der Waals surface area contributed by atoms with Crippen LogP contribution in [-0.4, -0.2) is 19.8 Å². The minimum atomic E-state index is 0.00241. The number of benzene rings is 2. The van der Waals surface area contributed by atoms with Gasteiger partial charge >= 0.3 is 0 Å². The number of thiol groups is 1. The van der Waals surface area contributed by atoms with Crippen molar-refractivity contribution in [1.29, 1.82) is 0 Å². The molecule has 4 rings (SSSR count). The lowest BCUT2D eigenvalue weighted by Crippen LogP contribution is -2.01. The molecule has 23 heavy (non-hydrogen) atoms. The topological polar surface area (TPSA) is 58.3 Å². The molecule has 1 aliphatic rings. The van der Waals surface area contributed by atoms with Gasteiger partial charge in [-0.25, -0.2) is 4.98 Å². The Labute approximate surface area is 138 Å². The highest BCUT2D eigenvalue weighted by atomic mass is 32.1. The number of hydrogen-bond donors (Lipinski definition) is 3. The Bertz CT molecular complexity index is 944. The number of aromatic hydroxyl groups is 2. The van der Waals surface area contributed by atoms with E-state index < -0.39 is 0 Å². The first kappa shape index (κ1) is 14.0. The van der Waals surface area contributed by atoms with Crippen molar-refractivity contribution in [2.75, 3.05) is 0 Å². The van der Waals surface area contributed by atoms with E-state index >= 15 is 0 Å². The second kappa shape index (κ2) is 5.21. The van der Waals surface area contributed by atoms with Gasteiger partial charge in [-0.2, -0.15) is 0 Å². The summed E-state index contributed by atoms with van der Waals surface area (Å²) in [6.07, 6.45) is 6.81. The van der Waals surface area contributed by atoms with Gasteiger partial charge in [0.2, 0.25) is 0 Å². The summed E-state index contributed by atoms with van der Waals surface area (Å²) in [5, 5.41) is 20.2. The van der Waals surface area contributed by atoms with Gasteiger partial charge in [-0.3, -0.25) is 4.57 Å². The lowest BCUT2D eigenvalue weighted by atomic mass is 10.1. The van der Waals surface area contributed by atoms with Crippen LogP contribution in [0.5, 0.6) is 11.5 Å². The number of fused-ring (bicyclic) bond motifs is 1. The normalized spacial score (nSPS) is 12.6. The molecule has 2 N–H and O–H groups in total. The molecule has 0 aliphatic heterocycles.